The fourth-order valence-electron chi connectivity index (χ4n) is 1.79. The fraction of sp³-hybridized carbons (Fsp3) is 0.429. The van der Waals surface area contributed by atoms with E-state index in [9.17, 15) is 4.79 Å². The first-order chi connectivity index (χ1) is 8.49. The summed E-state index contributed by atoms with van der Waals surface area (Å²) in [4.78, 5) is 12.8. The van der Waals surface area contributed by atoms with E-state index in [4.69, 9.17) is 10.4 Å². The second-order valence-corrected chi connectivity index (χ2v) is 4.54. The summed E-state index contributed by atoms with van der Waals surface area (Å²) in [6, 6.07) is 6.71. The van der Waals surface area contributed by atoms with E-state index in [1.54, 1.807) is 6.07 Å². The van der Waals surface area contributed by atoms with Gasteiger partial charge in [0.1, 0.15) is 6.07 Å². The molecule has 0 fully saturated rings. The molecular weight excluding hydrogens is 228 g/mol. The summed E-state index contributed by atoms with van der Waals surface area (Å²) in [5, 5.41) is 18.0. The molecule has 0 saturated heterocycles. The summed E-state index contributed by atoms with van der Waals surface area (Å²) in [6.07, 6.45) is 1.07. The highest BCUT2D eigenvalue weighted by atomic mass is 16.4. The minimum Gasteiger partial charge on any atom is -0.478 e. The Bertz CT molecular complexity index is 477. The normalized spacial score (nSPS) is 11.7. The van der Waals surface area contributed by atoms with Crippen LogP contribution in [0.15, 0.2) is 18.2 Å². The molecule has 18 heavy (non-hydrogen) atoms. The van der Waals surface area contributed by atoms with E-state index in [2.05, 4.69) is 19.9 Å². The van der Waals surface area contributed by atoms with Crippen LogP contribution < -0.4 is 4.90 Å². The first-order valence-electron chi connectivity index (χ1n) is 5.98. The number of nitriles is 1. The van der Waals surface area contributed by atoms with Crippen LogP contribution in [0.4, 0.5) is 5.69 Å². The maximum atomic E-state index is 10.9. The third-order valence-electron chi connectivity index (χ3n) is 3.06. The van der Waals surface area contributed by atoms with Gasteiger partial charge in [-0.05, 0) is 24.1 Å². The van der Waals surface area contributed by atoms with Crippen LogP contribution >= 0.6 is 0 Å². The highest BCUT2D eigenvalue weighted by Crippen LogP contribution is 2.21. The SMILES string of the molecule is CCC(C)CN(C)c1ccc(C(=O)O)cc1C#N. The van der Waals surface area contributed by atoms with E-state index < -0.39 is 5.97 Å². The molecule has 0 aliphatic rings. The van der Waals surface area contributed by atoms with Crippen molar-refractivity contribution in [1.29, 1.82) is 5.26 Å². The Hall–Kier alpha value is -2.02. The van der Waals surface area contributed by atoms with E-state index in [0.29, 0.717) is 11.5 Å². The summed E-state index contributed by atoms with van der Waals surface area (Å²) >= 11 is 0. The second-order valence-electron chi connectivity index (χ2n) is 4.54. The van der Waals surface area contributed by atoms with E-state index in [1.807, 2.05) is 11.9 Å². The average molecular weight is 246 g/mol. The third kappa shape index (κ3) is 3.24. The molecule has 1 aromatic rings. The van der Waals surface area contributed by atoms with Crippen molar-refractivity contribution in [2.24, 2.45) is 5.92 Å². The zero-order valence-electron chi connectivity index (χ0n) is 11.0. The van der Waals surface area contributed by atoms with Gasteiger partial charge in [-0.15, -0.1) is 0 Å². The molecule has 0 aliphatic heterocycles. The van der Waals surface area contributed by atoms with Gasteiger partial charge in [0, 0.05) is 13.6 Å². The number of benzene rings is 1. The van der Waals surface area contributed by atoms with Gasteiger partial charge in [-0.25, -0.2) is 4.79 Å². The number of hydrogen-bond acceptors (Lipinski definition) is 3. The molecule has 96 valence electrons. The van der Waals surface area contributed by atoms with Crippen molar-refractivity contribution in [1.82, 2.24) is 0 Å². The molecule has 0 saturated carbocycles. The van der Waals surface area contributed by atoms with Crippen LogP contribution in [0.1, 0.15) is 36.2 Å². The highest BCUT2D eigenvalue weighted by Gasteiger charge is 2.12. The minimum atomic E-state index is -1.01. The first-order valence-corrected chi connectivity index (χ1v) is 5.98. The van der Waals surface area contributed by atoms with Crippen molar-refractivity contribution in [3.05, 3.63) is 29.3 Å². The zero-order chi connectivity index (χ0) is 13.7. The summed E-state index contributed by atoms with van der Waals surface area (Å²) < 4.78 is 0. The lowest BCUT2D eigenvalue weighted by atomic mass is 10.1. The van der Waals surface area contributed by atoms with Crippen LogP contribution in [0.2, 0.25) is 0 Å². The number of nitrogens with zero attached hydrogens (tertiary/aromatic N) is 2. The topological polar surface area (TPSA) is 64.3 Å². The molecular formula is C14H18N2O2. The lowest BCUT2D eigenvalue weighted by Crippen LogP contribution is -2.24. The van der Waals surface area contributed by atoms with Gasteiger partial charge in [0.15, 0.2) is 0 Å². The number of aromatic carboxylic acids is 1. The summed E-state index contributed by atoms with van der Waals surface area (Å²) in [6.45, 7) is 5.11. The second kappa shape index (κ2) is 6.06. The zero-order valence-corrected chi connectivity index (χ0v) is 11.0. The molecule has 0 heterocycles. The van der Waals surface area contributed by atoms with Gasteiger partial charge in [0.2, 0.25) is 0 Å². The van der Waals surface area contributed by atoms with E-state index >= 15 is 0 Å². The van der Waals surface area contributed by atoms with Crippen LogP contribution in [0.25, 0.3) is 0 Å². The molecule has 0 aromatic heterocycles. The molecule has 1 rings (SSSR count). The Morgan fingerprint density at radius 3 is 2.72 bits per heavy atom. The summed E-state index contributed by atoms with van der Waals surface area (Å²) in [5.41, 5.74) is 1.33. The van der Waals surface area contributed by atoms with Crippen LogP contribution in [-0.4, -0.2) is 24.7 Å². The maximum absolute atomic E-state index is 10.9. The maximum Gasteiger partial charge on any atom is 0.335 e. The van der Waals surface area contributed by atoms with Crippen LogP contribution in [0, 0.1) is 17.2 Å². The molecule has 0 spiro atoms. The number of carbonyl (C=O) groups is 1. The molecule has 0 aliphatic carbocycles. The Labute approximate surface area is 107 Å². The summed E-state index contributed by atoms with van der Waals surface area (Å²) in [7, 11) is 1.92. The van der Waals surface area contributed by atoms with E-state index in [0.717, 1.165) is 18.7 Å². The minimum absolute atomic E-state index is 0.146. The lowest BCUT2D eigenvalue weighted by Gasteiger charge is -2.23. The van der Waals surface area contributed by atoms with Gasteiger partial charge < -0.3 is 10.0 Å². The fourth-order valence-corrected chi connectivity index (χ4v) is 1.79. The number of rotatable bonds is 5. The van der Waals surface area contributed by atoms with Crippen LogP contribution in [0.3, 0.4) is 0 Å². The van der Waals surface area contributed by atoms with Gasteiger partial charge in [0.05, 0.1) is 16.8 Å². The predicted molar refractivity (Wildman–Crippen MR) is 70.8 cm³/mol. The van der Waals surface area contributed by atoms with Crippen molar-refractivity contribution in [2.45, 2.75) is 20.3 Å². The molecule has 1 N–H and O–H groups in total. The number of hydrogen-bond donors (Lipinski definition) is 1. The number of carboxylic acids is 1. The Morgan fingerprint density at radius 1 is 1.56 bits per heavy atom. The standard InChI is InChI=1S/C14H18N2O2/c1-4-10(2)9-16(3)13-6-5-11(14(17)18)7-12(13)8-15/h5-7,10H,4,9H2,1-3H3,(H,17,18). The quantitative estimate of drug-likeness (QED) is 0.867. The van der Waals surface area contributed by atoms with Crippen LogP contribution in [-0.2, 0) is 0 Å². The molecule has 0 amide bonds. The van der Waals surface area contributed by atoms with Gasteiger partial charge in [0.25, 0.3) is 0 Å². The van der Waals surface area contributed by atoms with Gasteiger partial charge >= 0.3 is 5.97 Å². The highest BCUT2D eigenvalue weighted by molar-refractivity contribution is 5.89. The third-order valence-corrected chi connectivity index (χ3v) is 3.06. The Balaban J connectivity index is 3.03. The smallest absolute Gasteiger partial charge is 0.335 e. The Morgan fingerprint density at radius 2 is 2.22 bits per heavy atom. The first kappa shape index (κ1) is 14.0. The lowest BCUT2D eigenvalue weighted by molar-refractivity contribution is 0.0697. The van der Waals surface area contributed by atoms with Gasteiger partial charge in [-0.2, -0.15) is 5.26 Å². The molecule has 1 aromatic carbocycles. The van der Waals surface area contributed by atoms with Gasteiger partial charge in [-0.3, -0.25) is 0 Å². The van der Waals surface area contributed by atoms with Crippen molar-refractivity contribution >= 4 is 11.7 Å². The number of anilines is 1. The van der Waals surface area contributed by atoms with Crippen molar-refractivity contribution in [2.75, 3.05) is 18.5 Å². The molecule has 0 bridgehead atoms. The summed E-state index contributed by atoms with van der Waals surface area (Å²) in [5.74, 6) is -0.483. The Kier molecular flexibility index (Phi) is 4.73. The monoisotopic (exact) mass is 246 g/mol. The number of carboxylic acid groups (broad SMARTS) is 1. The van der Waals surface area contributed by atoms with Crippen molar-refractivity contribution in [3.8, 4) is 6.07 Å². The molecule has 4 nitrogen and oxygen atoms in total. The van der Waals surface area contributed by atoms with E-state index in [-0.39, 0.29) is 5.56 Å². The molecule has 0 radical (unpaired) electrons. The molecule has 1 unspecified atom stereocenters. The molecule has 4 heteroatoms. The average Bonchev–Trinajstić information content (AvgIpc) is 2.37. The molecule has 1 atom stereocenters. The van der Waals surface area contributed by atoms with E-state index in [1.165, 1.54) is 12.1 Å². The van der Waals surface area contributed by atoms with Crippen molar-refractivity contribution in [3.63, 3.8) is 0 Å². The van der Waals surface area contributed by atoms with Crippen molar-refractivity contribution < 1.29 is 9.90 Å². The largest absolute Gasteiger partial charge is 0.478 e. The predicted octanol–water partition coefficient (Wildman–Crippen LogP) is 2.74. The van der Waals surface area contributed by atoms with Crippen LogP contribution in [0.5, 0.6) is 0 Å². The van der Waals surface area contributed by atoms with Gasteiger partial charge in [-0.1, -0.05) is 20.3 Å².